The van der Waals surface area contributed by atoms with Crippen molar-refractivity contribution in [1.82, 2.24) is 10.2 Å². The van der Waals surface area contributed by atoms with E-state index in [0.29, 0.717) is 12.3 Å². The Hall–Kier alpha value is -1.06. The van der Waals surface area contributed by atoms with Crippen LogP contribution in [0.25, 0.3) is 0 Å². The maximum absolute atomic E-state index is 12.7. The van der Waals surface area contributed by atoms with Crippen LogP contribution in [0.3, 0.4) is 0 Å². The van der Waals surface area contributed by atoms with E-state index in [4.69, 9.17) is 0 Å². The largest absolute Gasteiger partial charge is 0.344 e. The molecule has 19 heavy (non-hydrogen) atoms. The van der Waals surface area contributed by atoms with Crippen LogP contribution in [-0.4, -0.2) is 35.3 Å². The van der Waals surface area contributed by atoms with Crippen LogP contribution in [0, 0.1) is 11.3 Å². The van der Waals surface area contributed by atoms with Gasteiger partial charge in [0, 0.05) is 19.0 Å². The number of carbonyl (C=O) groups is 2. The van der Waals surface area contributed by atoms with Gasteiger partial charge in [-0.15, -0.1) is 0 Å². The molecule has 1 aliphatic rings. The van der Waals surface area contributed by atoms with Crippen molar-refractivity contribution >= 4 is 11.8 Å². The molecule has 1 heterocycles. The molecule has 0 aromatic rings. The van der Waals surface area contributed by atoms with Crippen LogP contribution in [0.15, 0.2) is 0 Å². The van der Waals surface area contributed by atoms with E-state index >= 15 is 0 Å². The first-order valence-corrected chi connectivity index (χ1v) is 7.22. The van der Waals surface area contributed by atoms with Crippen LogP contribution in [0.5, 0.6) is 0 Å². The Kier molecular flexibility index (Phi) is 4.99. The topological polar surface area (TPSA) is 49.4 Å². The minimum Gasteiger partial charge on any atom is -0.344 e. The molecule has 0 spiro atoms. The highest BCUT2D eigenvalue weighted by molar-refractivity contribution is 5.91. The van der Waals surface area contributed by atoms with E-state index in [-0.39, 0.29) is 23.3 Å². The Morgan fingerprint density at radius 3 is 2.37 bits per heavy atom. The van der Waals surface area contributed by atoms with E-state index in [1.165, 1.54) is 0 Å². The molecule has 4 heteroatoms. The van der Waals surface area contributed by atoms with Crippen LogP contribution in [0.4, 0.5) is 0 Å². The zero-order valence-electron chi connectivity index (χ0n) is 13.1. The summed E-state index contributed by atoms with van der Waals surface area (Å²) in [5.41, 5.74) is -0.257. The van der Waals surface area contributed by atoms with Crippen molar-refractivity contribution in [2.45, 2.75) is 66.5 Å². The summed E-state index contributed by atoms with van der Waals surface area (Å²) in [6.45, 7) is 13.0. The van der Waals surface area contributed by atoms with E-state index in [1.807, 2.05) is 32.6 Å². The highest BCUT2D eigenvalue weighted by Crippen LogP contribution is 2.25. The van der Waals surface area contributed by atoms with Crippen LogP contribution < -0.4 is 5.32 Å². The van der Waals surface area contributed by atoms with E-state index in [9.17, 15) is 9.59 Å². The first kappa shape index (κ1) is 16.0. The summed E-state index contributed by atoms with van der Waals surface area (Å²) in [7, 11) is 0. The lowest BCUT2D eigenvalue weighted by Crippen LogP contribution is -2.53. The number of nitrogens with one attached hydrogen (secondary N) is 1. The predicted octanol–water partition coefficient (Wildman–Crippen LogP) is 2.18. The Morgan fingerprint density at radius 2 is 1.89 bits per heavy atom. The SMILES string of the molecule is CC(C)CCN1C(=O)C(C(C)(C)C)NC(=O)CC1C. The summed E-state index contributed by atoms with van der Waals surface area (Å²) in [4.78, 5) is 26.4. The van der Waals surface area contributed by atoms with Crippen molar-refractivity contribution in [3.05, 3.63) is 0 Å². The molecule has 0 radical (unpaired) electrons. The number of hydrogen-bond acceptors (Lipinski definition) is 2. The van der Waals surface area contributed by atoms with Gasteiger partial charge < -0.3 is 10.2 Å². The van der Waals surface area contributed by atoms with Gasteiger partial charge in [-0.05, 0) is 24.7 Å². The van der Waals surface area contributed by atoms with Crippen LogP contribution >= 0.6 is 0 Å². The summed E-state index contributed by atoms with van der Waals surface area (Å²) in [6.07, 6.45) is 1.37. The van der Waals surface area contributed by atoms with Crippen molar-refractivity contribution in [2.24, 2.45) is 11.3 Å². The molecule has 0 bridgehead atoms. The molecule has 1 rings (SSSR count). The van der Waals surface area contributed by atoms with Crippen LogP contribution in [-0.2, 0) is 9.59 Å². The lowest BCUT2D eigenvalue weighted by molar-refractivity contribution is -0.137. The maximum Gasteiger partial charge on any atom is 0.245 e. The highest BCUT2D eigenvalue weighted by atomic mass is 16.2. The molecule has 1 saturated heterocycles. The minimum absolute atomic E-state index is 0.0152. The third-order valence-electron chi connectivity index (χ3n) is 3.66. The summed E-state index contributed by atoms with van der Waals surface area (Å²) in [5, 5.41) is 2.89. The average molecular weight is 268 g/mol. The molecule has 4 nitrogen and oxygen atoms in total. The molecule has 1 aliphatic heterocycles. The maximum atomic E-state index is 12.7. The Balaban J connectivity index is 2.93. The lowest BCUT2D eigenvalue weighted by Gasteiger charge is -2.34. The first-order chi connectivity index (χ1) is 8.62. The van der Waals surface area contributed by atoms with Crippen molar-refractivity contribution in [1.29, 1.82) is 0 Å². The zero-order chi connectivity index (χ0) is 14.8. The number of carbonyl (C=O) groups excluding carboxylic acids is 2. The van der Waals surface area contributed by atoms with Crippen LogP contribution in [0.2, 0.25) is 0 Å². The molecule has 0 saturated carbocycles. The molecule has 0 aromatic carbocycles. The van der Waals surface area contributed by atoms with Crippen molar-refractivity contribution in [3.63, 3.8) is 0 Å². The third kappa shape index (κ3) is 4.22. The van der Waals surface area contributed by atoms with E-state index in [1.54, 1.807) is 0 Å². The molecular weight excluding hydrogens is 240 g/mol. The molecule has 2 atom stereocenters. The second kappa shape index (κ2) is 5.93. The number of amides is 2. The van der Waals surface area contributed by atoms with Gasteiger partial charge in [0.05, 0.1) is 0 Å². The van der Waals surface area contributed by atoms with Gasteiger partial charge in [-0.3, -0.25) is 9.59 Å². The molecular formula is C15H28N2O2. The van der Waals surface area contributed by atoms with Crippen molar-refractivity contribution in [2.75, 3.05) is 6.54 Å². The fourth-order valence-electron chi connectivity index (χ4n) is 2.36. The second-order valence-electron chi connectivity index (χ2n) is 7.13. The quantitative estimate of drug-likeness (QED) is 0.853. The molecule has 0 aliphatic carbocycles. The van der Waals surface area contributed by atoms with Crippen molar-refractivity contribution < 1.29 is 9.59 Å². The normalized spacial score (nSPS) is 25.5. The number of hydrogen-bond donors (Lipinski definition) is 1. The lowest BCUT2D eigenvalue weighted by atomic mass is 9.86. The van der Waals surface area contributed by atoms with E-state index in [0.717, 1.165) is 13.0 Å². The van der Waals surface area contributed by atoms with E-state index in [2.05, 4.69) is 19.2 Å². The van der Waals surface area contributed by atoms with Gasteiger partial charge >= 0.3 is 0 Å². The molecule has 2 amide bonds. The van der Waals surface area contributed by atoms with Gasteiger partial charge in [-0.2, -0.15) is 0 Å². The summed E-state index contributed by atoms with van der Waals surface area (Å²) in [6, 6.07) is -0.435. The van der Waals surface area contributed by atoms with E-state index < -0.39 is 6.04 Å². The Morgan fingerprint density at radius 1 is 1.32 bits per heavy atom. The van der Waals surface area contributed by atoms with Crippen molar-refractivity contribution in [3.8, 4) is 0 Å². The van der Waals surface area contributed by atoms with Gasteiger partial charge in [-0.25, -0.2) is 0 Å². The number of nitrogens with zero attached hydrogens (tertiary/aromatic N) is 1. The van der Waals surface area contributed by atoms with Gasteiger partial charge in [0.2, 0.25) is 11.8 Å². The standard InChI is InChI=1S/C15H28N2O2/c1-10(2)7-8-17-11(3)9-12(18)16-13(14(17)19)15(4,5)6/h10-11,13H,7-9H2,1-6H3,(H,16,18). The van der Waals surface area contributed by atoms with Gasteiger partial charge in [0.15, 0.2) is 0 Å². The molecule has 0 aromatic heterocycles. The fraction of sp³-hybridized carbons (Fsp3) is 0.867. The molecule has 1 fully saturated rings. The first-order valence-electron chi connectivity index (χ1n) is 7.22. The number of rotatable bonds is 3. The summed E-state index contributed by atoms with van der Waals surface area (Å²) >= 11 is 0. The summed E-state index contributed by atoms with van der Waals surface area (Å²) < 4.78 is 0. The van der Waals surface area contributed by atoms with Gasteiger partial charge in [-0.1, -0.05) is 34.6 Å². The average Bonchev–Trinajstić information content (AvgIpc) is 2.33. The molecule has 110 valence electrons. The fourth-order valence-corrected chi connectivity index (χ4v) is 2.36. The highest BCUT2D eigenvalue weighted by Gasteiger charge is 2.39. The predicted molar refractivity (Wildman–Crippen MR) is 76.6 cm³/mol. The molecule has 2 unspecified atom stereocenters. The summed E-state index contributed by atoms with van der Waals surface area (Å²) in [5.74, 6) is 0.597. The minimum atomic E-state index is -0.419. The zero-order valence-corrected chi connectivity index (χ0v) is 13.1. The van der Waals surface area contributed by atoms with Crippen LogP contribution in [0.1, 0.15) is 54.4 Å². The smallest absolute Gasteiger partial charge is 0.245 e. The Labute approximate surface area is 116 Å². The second-order valence-corrected chi connectivity index (χ2v) is 7.13. The van der Waals surface area contributed by atoms with Gasteiger partial charge in [0.1, 0.15) is 6.04 Å². The third-order valence-corrected chi connectivity index (χ3v) is 3.66. The van der Waals surface area contributed by atoms with Gasteiger partial charge in [0.25, 0.3) is 0 Å². The Bertz CT molecular complexity index is 345. The monoisotopic (exact) mass is 268 g/mol. The molecule has 1 N–H and O–H groups in total.